The predicted octanol–water partition coefficient (Wildman–Crippen LogP) is 2.20. The number of hydrogen-bond donors (Lipinski definition) is 1. The number of fused-ring (bicyclic) bond motifs is 1. The molecule has 0 bridgehead atoms. The van der Waals surface area contributed by atoms with Crippen LogP contribution in [0, 0.1) is 0 Å². The maximum absolute atomic E-state index is 13.1. The van der Waals surface area contributed by atoms with Crippen molar-refractivity contribution in [3.63, 3.8) is 0 Å². The summed E-state index contributed by atoms with van der Waals surface area (Å²) in [6, 6.07) is 8.96. The molecule has 1 amide bonds. The fraction of sp³-hybridized carbons (Fsp3) is 0.350. The van der Waals surface area contributed by atoms with Gasteiger partial charge in [0.05, 0.1) is 18.7 Å². The first kappa shape index (κ1) is 19.9. The highest BCUT2D eigenvalue weighted by molar-refractivity contribution is 7.17. The molecule has 1 N–H and O–H groups in total. The van der Waals surface area contributed by atoms with Gasteiger partial charge in [-0.25, -0.2) is 4.79 Å². The van der Waals surface area contributed by atoms with Crippen LogP contribution in [-0.4, -0.2) is 27.7 Å². The highest BCUT2D eigenvalue weighted by Gasteiger charge is 2.17. The van der Waals surface area contributed by atoms with Crippen molar-refractivity contribution in [3.05, 3.63) is 62.1 Å². The number of thiophene rings is 1. The van der Waals surface area contributed by atoms with Gasteiger partial charge in [-0.05, 0) is 49.9 Å². The number of hydrogen-bond acceptors (Lipinski definition) is 5. The zero-order valence-corrected chi connectivity index (χ0v) is 16.9. The van der Waals surface area contributed by atoms with Gasteiger partial charge in [0.2, 0.25) is 5.91 Å². The van der Waals surface area contributed by atoms with E-state index in [0.29, 0.717) is 22.6 Å². The number of nitrogens with zero attached hydrogens (tertiary/aromatic N) is 2. The average molecular weight is 401 g/mol. The van der Waals surface area contributed by atoms with Gasteiger partial charge >= 0.3 is 5.69 Å². The molecule has 0 fully saturated rings. The molecule has 2 heterocycles. The van der Waals surface area contributed by atoms with Crippen molar-refractivity contribution in [1.29, 1.82) is 0 Å². The van der Waals surface area contributed by atoms with Crippen LogP contribution in [0.3, 0.4) is 0 Å². The van der Waals surface area contributed by atoms with Crippen molar-refractivity contribution in [2.24, 2.45) is 0 Å². The molecular weight excluding hydrogens is 378 g/mol. The normalized spacial score (nSPS) is 11.1. The Labute approximate surface area is 166 Å². The van der Waals surface area contributed by atoms with Crippen LogP contribution in [0.2, 0.25) is 0 Å². The lowest BCUT2D eigenvalue weighted by atomic mass is 10.2. The summed E-state index contributed by atoms with van der Waals surface area (Å²) in [5, 5.41) is 4.53. The quantitative estimate of drug-likeness (QED) is 0.658. The fourth-order valence-electron chi connectivity index (χ4n) is 3.02. The first-order chi connectivity index (χ1) is 13.4. The van der Waals surface area contributed by atoms with E-state index in [2.05, 4.69) is 5.32 Å². The maximum Gasteiger partial charge on any atom is 0.332 e. The summed E-state index contributed by atoms with van der Waals surface area (Å²) >= 11 is 1.26. The summed E-state index contributed by atoms with van der Waals surface area (Å²) in [4.78, 5) is 38.2. The number of aromatic nitrogens is 2. The lowest BCUT2D eigenvalue weighted by molar-refractivity contribution is -0.122. The Balaban J connectivity index is 2.05. The van der Waals surface area contributed by atoms with Crippen molar-refractivity contribution < 1.29 is 9.53 Å². The molecule has 0 unspecified atom stereocenters. The molecular formula is C20H23N3O4S. The van der Waals surface area contributed by atoms with Crippen molar-refractivity contribution >= 4 is 27.5 Å². The first-order valence-corrected chi connectivity index (χ1v) is 10.0. The van der Waals surface area contributed by atoms with E-state index in [-0.39, 0.29) is 30.6 Å². The molecule has 0 saturated carbocycles. The number of ether oxygens (including phenoxy) is 1. The summed E-state index contributed by atoms with van der Waals surface area (Å²) in [5.41, 5.74) is 0.409. The molecule has 8 heteroatoms. The molecule has 0 saturated heterocycles. The van der Waals surface area contributed by atoms with Gasteiger partial charge in [0.1, 0.15) is 17.0 Å². The molecule has 3 aromatic rings. The topological polar surface area (TPSA) is 82.3 Å². The summed E-state index contributed by atoms with van der Waals surface area (Å²) < 4.78 is 8.48. The second-order valence-electron chi connectivity index (χ2n) is 6.70. The van der Waals surface area contributed by atoms with Gasteiger partial charge in [-0.3, -0.25) is 18.7 Å². The summed E-state index contributed by atoms with van der Waals surface area (Å²) in [6.07, 6.45) is 0. The van der Waals surface area contributed by atoms with Crippen molar-refractivity contribution in [3.8, 4) is 5.75 Å². The number of nitrogens with one attached hydrogen (secondary N) is 1. The number of carbonyl (C=O) groups excluding carboxylic acids is 1. The highest BCUT2D eigenvalue weighted by Crippen LogP contribution is 2.17. The lowest BCUT2D eigenvalue weighted by Crippen LogP contribution is -2.43. The zero-order valence-electron chi connectivity index (χ0n) is 16.1. The largest absolute Gasteiger partial charge is 0.494 e. The van der Waals surface area contributed by atoms with Gasteiger partial charge in [0, 0.05) is 6.04 Å². The van der Waals surface area contributed by atoms with Crippen molar-refractivity contribution in [1.82, 2.24) is 14.5 Å². The number of rotatable bonds is 7. The van der Waals surface area contributed by atoms with E-state index in [9.17, 15) is 14.4 Å². The van der Waals surface area contributed by atoms with Crippen LogP contribution in [0.1, 0.15) is 26.3 Å². The molecule has 0 spiro atoms. The van der Waals surface area contributed by atoms with Crippen LogP contribution in [0.4, 0.5) is 0 Å². The first-order valence-electron chi connectivity index (χ1n) is 9.12. The van der Waals surface area contributed by atoms with E-state index in [1.807, 2.05) is 45.0 Å². The van der Waals surface area contributed by atoms with Crippen LogP contribution < -0.4 is 21.3 Å². The Kier molecular flexibility index (Phi) is 5.99. The van der Waals surface area contributed by atoms with E-state index in [0.717, 1.165) is 5.56 Å². The average Bonchev–Trinajstić information content (AvgIpc) is 3.12. The summed E-state index contributed by atoms with van der Waals surface area (Å²) in [5.74, 6) is 0.412. The Hall–Kier alpha value is -2.87. The minimum absolute atomic E-state index is 0.0339. The van der Waals surface area contributed by atoms with Gasteiger partial charge < -0.3 is 10.1 Å². The Morgan fingerprint density at radius 2 is 2.00 bits per heavy atom. The van der Waals surface area contributed by atoms with Crippen LogP contribution in [0.15, 0.2) is 45.3 Å². The molecule has 7 nitrogen and oxygen atoms in total. The molecule has 2 aromatic heterocycles. The fourth-order valence-corrected chi connectivity index (χ4v) is 3.86. The van der Waals surface area contributed by atoms with Crippen LogP contribution in [0.5, 0.6) is 5.75 Å². The second kappa shape index (κ2) is 8.43. The zero-order chi connectivity index (χ0) is 20.3. The third-order valence-corrected chi connectivity index (χ3v) is 5.03. The lowest BCUT2D eigenvalue weighted by Gasteiger charge is -2.14. The number of carbonyl (C=O) groups is 1. The van der Waals surface area contributed by atoms with E-state index < -0.39 is 5.69 Å². The molecule has 0 atom stereocenters. The predicted molar refractivity (Wildman–Crippen MR) is 110 cm³/mol. The maximum atomic E-state index is 13.1. The SMILES string of the molecule is CCOc1cccc(Cn2c(=O)c3sccc3n(CC(=O)NC(C)C)c2=O)c1. The molecule has 148 valence electrons. The third-order valence-electron chi connectivity index (χ3n) is 4.14. The van der Waals surface area contributed by atoms with E-state index in [1.165, 1.54) is 20.5 Å². The minimum Gasteiger partial charge on any atom is -0.494 e. The molecule has 0 aliphatic heterocycles. The number of benzene rings is 1. The van der Waals surface area contributed by atoms with Crippen molar-refractivity contribution in [2.75, 3.05) is 6.61 Å². The van der Waals surface area contributed by atoms with Crippen LogP contribution in [-0.2, 0) is 17.9 Å². The molecule has 1 aromatic carbocycles. The second-order valence-corrected chi connectivity index (χ2v) is 7.61. The standard InChI is InChI=1S/C20H23N3O4S/c1-4-27-15-7-5-6-14(10-15)11-23-19(25)18-16(8-9-28-18)22(20(23)26)12-17(24)21-13(2)3/h5-10,13H,4,11-12H2,1-3H3,(H,21,24). The highest BCUT2D eigenvalue weighted by atomic mass is 32.1. The van der Waals surface area contributed by atoms with Crippen LogP contribution in [0.25, 0.3) is 10.2 Å². The molecule has 3 rings (SSSR count). The van der Waals surface area contributed by atoms with Gasteiger partial charge in [-0.15, -0.1) is 11.3 Å². The van der Waals surface area contributed by atoms with Gasteiger partial charge in [-0.2, -0.15) is 0 Å². The van der Waals surface area contributed by atoms with E-state index in [1.54, 1.807) is 11.4 Å². The molecule has 28 heavy (non-hydrogen) atoms. The minimum atomic E-state index is -0.503. The third kappa shape index (κ3) is 4.17. The molecule has 0 aliphatic rings. The smallest absolute Gasteiger partial charge is 0.332 e. The van der Waals surface area contributed by atoms with Gasteiger partial charge in [0.25, 0.3) is 5.56 Å². The Morgan fingerprint density at radius 1 is 1.21 bits per heavy atom. The number of amides is 1. The van der Waals surface area contributed by atoms with Gasteiger partial charge in [0.15, 0.2) is 0 Å². The van der Waals surface area contributed by atoms with Crippen molar-refractivity contribution in [2.45, 2.75) is 39.9 Å². The Bertz CT molecular complexity index is 1110. The van der Waals surface area contributed by atoms with Gasteiger partial charge in [-0.1, -0.05) is 12.1 Å². The molecule has 0 aliphatic carbocycles. The summed E-state index contributed by atoms with van der Waals surface area (Å²) in [6.45, 7) is 6.10. The van der Waals surface area contributed by atoms with Crippen LogP contribution >= 0.6 is 11.3 Å². The monoisotopic (exact) mass is 401 g/mol. The molecule has 0 radical (unpaired) electrons. The van der Waals surface area contributed by atoms with E-state index in [4.69, 9.17) is 4.74 Å². The van der Waals surface area contributed by atoms with E-state index >= 15 is 0 Å². The Morgan fingerprint density at radius 3 is 2.71 bits per heavy atom. The summed E-state index contributed by atoms with van der Waals surface area (Å²) in [7, 11) is 0.